The van der Waals surface area contributed by atoms with Crippen molar-refractivity contribution in [2.75, 3.05) is 0 Å². The van der Waals surface area contributed by atoms with Crippen LogP contribution < -0.4 is 10.6 Å². The van der Waals surface area contributed by atoms with Crippen LogP contribution in [-0.2, 0) is 9.59 Å². The van der Waals surface area contributed by atoms with E-state index in [0.717, 1.165) is 6.42 Å². The fourth-order valence-electron chi connectivity index (χ4n) is 1.68. The maximum atomic E-state index is 11.2. The van der Waals surface area contributed by atoms with Gasteiger partial charge in [0.05, 0.1) is 12.5 Å². The van der Waals surface area contributed by atoms with E-state index < -0.39 is 0 Å². The number of carbonyl (C=O) groups is 2. The highest BCUT2D eigenvalue weighted by Gasteiger charge is 2.48. The molecule has 0 aromatic rings. The number of hydrogen-bond donors (Lipinski definition) is 2. The third-order valence-corrected chi connectivity index (χ3v) is 2.88. The zero-order chi connectivity index (χ0) is 9.64. The molecule has 0 radical (unpaired) electrons. The number of hydrogen-bond acceptors (Lipinski definition) is 3. The van der Waals surface area contributed by atoms with Gasteiger partial charge in [0.25, 0.3) is 0 Å². The highest BCUT2D eigenvalue weighted by Crippen LogP contribution is 2.45. The predicted molar refractivity (Wildman–Crippen MR) is 46.9 cm³/mol. The Bertz CT molecular complexity index is 273. The molecule has 0 bridgehead atoms. The van der Waals surface area contributed by atoms with E-state index in [4.69, 9.17) is 0 Å². The number of nitrogens with one attached hydrogen (secondary N) is 2. The van der Waals surface area contributed by atoms with Crippen molar-refractivity contribution in [3.63, 3.8) is 0 Å². The zero-order valence-corrected chi connectivity index (χ0v) is 7.89. The van der Waals surface area contributed by atoms with Gasteiger partial charge >= 0.3 is 0 Å². The minimum Gasteiger partial charge on any atom is -0.302 e. The maximum absolute atomic E-state index is 11.2. The van der Waals surface area contributed by atoms with E-state index in [-0.39, 0.29) is 17.9 Å². The van der Waals surface area contributed by atoms with Gasteiger partial charge in [-0.3, -0.25) is 14.9 Å². The van der Waals surface area contributed by atoms with Gasteiger partial charge in [-0.2, -0.15) is 0 Å². The molecule has 2 N–H and O–H groups in total. The first-order chi connectivity index (χ1) is 5.99. The van der Waals surface area contributed by atoms with Crippen molar-refractivity contribution in [1.82, 2.24) is 10.6 Å². The highest BCUT2D eigenvalue weighted by atomic mass is 16.2. The molecule has 2 fully saturated rings. The number of amides is 2. The zero-order valence-electron chi connectivity index (χ0n) is 7.89. The Morgan fingerprint density at radius 3 is 2.46 bits per heavy atom. The molecule has 4 nitrogen and oxygen atoms in total. The lowest BCUT2D eigenvalue weighted by molar-refractivity contribution is -0.125. The van der Waals surface area contributed by atoms with Crippen LogP contribution >= 0.6 is 0 Å². The fourth-order valence-corrected chi connectivity index (χ4v) is 1.68. The third kappa shape index (κ3) is 1.58. The van der Waals surface area contributed by atoms with Gasteiger partial charge in [0.15, 0.2) is 0 Å². The molecular formula is C9H14N2O2. The van der Waals surface area contributed by atoms with Gasteiger partial charge in [-0.25, -0.2) is 0 Å². The Labute approximate surface area is 77.1 Å². The molecule has 2 aliphatic rings. The number of carbonyl (C=O) groups excluding carboxylic acids is 2. The fraction of sp³-hybridized carbons (Fsp3) is 0.778. The van der Waals surface area contributed by atoms with Gasteiger partial charge in [0.2, 0.25) is 11.8 Å². The van der Waals surface area contributed by atoms with Crippen LogP contribution in [0.1, 0.15) is 26.7 Å². The Morgan fingerprint density at radius 1 is 1.46 bits per heavy atom. The van der Waals surface area contributed by atoms with Gasteiger partial charge in [-0.15, -0.1) is 0 Å². The number of rotatable bonds is 2. The average molecular weight is 182 g/mol. The maximum Gasteiger partial charge on any atom is 0.244 e. The highest BCUT2D eigenvalue weighted by molar-refractivity contribution is 6.05. The van der Waals surface area contributed by atoms with Crippen LogP contribution in [0.2, 0.25) is 0 Å². The molecule has 72 valence electrons. The van der Waals surface area contributed by atoms with Crippen LogP contribution in [0.15, 0.2) is 0 Å². The molecule has 2 unspecified atom stereocenters. The van der Waals surface area contributed by atoms with Crippen molar-refractivity contribution >= 4 is 11.8 Å². The average Bonchev–Trinajstić information content (AvgIpc) is 2.43. The van der Waals surface area contributed by atoms with Gasteiger partial charge in [-0.05, 0) is 11.8 Å². The van der Waals surface area contributed by atoms with Crippen molar-refractivity contribution in [3.8, 4) is 0 Å². The molecule has 4 heteroatoms. The van der Waals surface area contributed by atoms with Gasteiger partial charge in [0.1, 0.15) is 0 Å². The van der Waals surface area contributed by atoms with Crippen molar-refractivity contribution < 1.29 is 9.59 Å². The summed E-state index contributed by atoms with van der Waals surface area (Å²) in [7, 11) is 0. The summed E-state index contributed by atoms with van der Waals surface area (Å²) >= 11 is 0. The topological polar surface area (TPSA) is 58.2 Å². The molecule has 0 aromatic heterocycles. The number of imide groups is 1. The van der Waals surface area contributed by atoms with Gasteiger partial charge < -0.3 is 5.32 Å². The van der Waals surface area contributed by atoms with Crippen LogP contribution in [0.5, 0.6) is 0 Å². The molecule has 2 atom stereocenters. The second-order valence-corrected chi connectivity index (χ2v) is 4.58. The first-order valence-corrected chi connectivity index (χ1v) is 4.59. The summed E-state index contributed by atoms with van der Waals surface area (Å²) in [5, 5.41) is 5.48. The predicted octanol–water partition coefficient (Wildman–Crippen LogP) is -0.210. The smallest absolute Gasteiger partial charge is 0.244 e. The minimum atomic E-state index is -0.292. The van der Waals surface area contributed by atoms with Crippen molar-refractivity contribution in [3.05, 3.63) is 0 Å². The van der Waals surface area contributed by atoms with Crippen molar-refractivity contribution in [2.24, 2.45) is 5.41 Å². The molecule has 2 rings (SSSR count). The second-order valence-electron chi connectivity index (χ2n) is 4.58. The minimum absolute atomic E-state index is 0.166. The quantitative estimate of drug-likeness (QED) is 0.581. The first kappa shape index (κ1) is 8.69. The van der Waals surface area contributed by atoms with Gasteiger partial charge in [0, 0.05) is 6.04 Å². The van der Waals surface area contributed by atoms with Crippen LogP contribution in [-0.4, -0.2) is 23.9 Å². The van der Waals surface area contributed by atoms with E-state index in [2.05, 4.69) is 24.5 Å². The molecule has 2 amide bonds. The molecule has 0 aromatic carbocycles. The first-order valence-electron chi connectivity index (χ1n) is 4.59. The lowest BCUT2D eigenvalue weighted by Crippen LogP contribution is -2.38. The Kier molecular flexibility index (Phi) is 1.70. The Hall–Kier alpha value is -0.900. The third-order valence-electron chi connectivity index (χ3n) is 2.88. The lowest BCUT2D eigenvalue weighted by atomic mass is 10.1. The summed E-state index contributed by atoms with van der Waals surface area (Å²) in [5.41, 5.74) is 0.298. The summed E-state index contributed by atoms with van der Waals surface area (Å²) in [6.07, 6.45) is 1.39. The lowest BCUT2D eigenvalue weighted by Gasteiger charge is -2.09. The van der Waals surface area contributed by atoms with Crippen molar-refractivity contribution in [1.29, 1.82) is 0 Å². The second kappa shape index (κ2) is 2.54. The summed E-state index contributed by atoms with van der Waals surface area (Å²) in [4.78, 5) is 22.0. The van der Waals surface area contributed by atoms with E-state index in [1.165, 1.54) is 0 Å². The van der Waals surface area contributed by atoms with Crippen LogP contribution in [0.25, 0.3) is 0 Å². The van der Waals surface area contributed by atoms with Crippen LogP contribution in [0.4, 0.5) is 0 Å². The van der Waals surface area contributed by atoms with Gasteiger partial charge in [-0.1, -0.05) is 13.8 Å². The van der Waals surface area contributed by atoms with Crippen LogP contribution in [0.3, 0.4) is 0 Å². The van der Waals surface area contributed by atoms with E-state index >= 15 is 0 Å². The molecule has 1 saturated carbocycles. The van der Waals surface area contributed by atoms with Crippen LogP contribution in [0, 0.1) is 5.41 Å². The molecule has 1 heterocycles. The Morgan fingerprint density at radius 2 is 2.08 bits per heavy atom. The normalized spacial score (nSPS) is 36.2. The van der Waals surface area contributed by atoms with E-state index in [1.807, 2.05) is 0 Å². The standard InChI is InChI=1S/C9H14N2O2/c1-9(2)4-6(9)10-5-3-7(12)11-8(5)13/h5-6,10H,3-4H2,1-2H3,(H,11,12,13). The Balaban J connectivity index is 1.90. The van der Waals surface area contributed by atoms with E-state index in [9.17, 15) is 9.59 Å². The monoisotopic (exact) mass is 182 g/mol. The molecule has 1 aliphatic heterocycles. The van der Waals surface area contributed by atoms with Crippen molar-refractivity contribution in [2.45, 2.75) is 38.8 Å². The molecule has 0 spiro atoms. The summed E-state index contributed by atoms with van der Waals surface area (Å²) in [6.45, 7) is 4.30. The largest absolute Gasteiger partial charge is 0.302 e. The molecule has 1 aliphatic carbocycles. The van der Waals surface area contributed by atoms with E-state index in [0.29, 0.717) is 17.9 Å². The molecule has 1 saturated heterocycles. The molecular weight excluding hydrogens is 168 g/mol. The van der Waals surface area contributed by atoms with E-state index in [1.54, 1.807) is 0 Å². The molecule has 13 heavy (non-hydrogen) atoms. The summed E-state index contributed by atoms with van der Waals surface area (Å²) < 4.78 is 0. The summed E-state index contributed by atoms with van der Waals surface area (Å²) in [6, 6.07) is 0.105. The summed E-state index contributed by atoms with van der Waals surface area (Å²) in [5.74, 6) is -0.339. The SMILES string of the molecule is CC1(C)CC1NC1CC(=O)NC1=O.